The fraction of sp³-hybridized carbons (Fsp3) is 0.286. The van der Waals surface area contributed by atoms with Crippen LogP contribution in [0, 0.1) is 11.6 Å². The van der Waals surface area contributed by atoms with Crippen LogP contribution in [0.15, 0.2) is 23.6 Å². The molecule has 0 fully saturated rings. The molecule has 0 aliphatic rings. The van der Waals surface area contributed by atoms with E-state index in [0.29, 0.717) is 11.7 Å². The lowest BCUT2D eigenvalue weighted by molar-refractivity contribution is 0.182. The summed E-state index contributed by atoms with van der Waals surface area (Å²) < 4.78 is 31.3. The second-order valence-electron chi connectivity index (χ2n) is 4.44. The Morgan fingerprint density at radius 2 is 2.23 bits per heavy atom. The van der Waals surface area contributed by atoms with Gasteiger partial charge in [-0.1, -0.05) is 0 Å². The van der Waals surface area contributed by atoms with Crippen LogP contribution >= 0.6 is 11.3 Å². The molecule has 0 aliphatic heterocycles. The molecule has 0 aliphatic carbocycles. The summed E-state index contributed by atoms with van der Waals surface area (Å²) in [5.74, 6) is -0.998. The van der Waals surface area contributed by atoms with E-state index in [9.17, 15) is 13.6 Å². The average molecular weight is 327 g/mol. The molecule has 0 saturated heterocycles. The molecule has 8 heteroatoms. The lowest BCUT2D eigenvalue weighted by atomic mass is 10.1. The van der Waals surface area contributed by atoms with Gasteiger partial charge in [0.15, 0.2) is 5.13 Å². The Bertz CT molecular complexity index is 649. The predicted octanol–water partition coefficient (Wildman–Crippen LogP) is 2.93. The van der Waals surface area contributed by atoms with Gasteiger partial charge in [0.1, 0.15) is 11.6 Å². The Labute approximate surface area is 130 Å². The van der Waals surface area contributed by atoms with Crippen LogP contribution < -0.4 is 10.6 Å². The van der Waals surface area contributed by atoms with Gasteiger partial charge >= 0.3 is 6.03 Å². The van der Waals surface area contributed by atoms with E-state index in [2.05, 4.69) is 15.6 Å². The normalized spacial score (nSPS) is 10.5. The number of hydrogen-bond donors (Lipinski definition) is 2. The minimum absolute atomic E-state index is 0.183. The van der Waals surface area contributed by atoms with Crippen molar-refractivity contribution in [2.45, 2.75) is 13.0 Å². The number of thiazole rings is 1. The quantitative estimate of drug-likeness (QED) is 0.857. The number of benzene rings is 1. The van der Waals surface area contributed by atoms with Crippen molar-refractivity contribution in [3.63, 3.8) is 0 Å². The van der Waals surface area contributed by atoms with Crippen LogP contribution in [-0.2, 0) is 17.8 Å². The van der Waals surface area contributed by atoms with E-state index in [4.69, 9.17) is 4.74 Å². The number of carbonyl (C=O) groups is 1. The number of halogens is 2. The van der Waals surface area contributed by atoms with Crippen LogP contribution in [0.25, 0.3) is 0 Å². The summed E-state index contributed by atoms with van der Waals surface area (Å²) in [7, 11) is 1.56. The molecule has 0 atom stereocenters. The third-order valence-electron chi connectivity index (χ3n) is 2.75. The van der Waals surface area contributed by atoms with E-state index in [1.807, 2.05) is 0 Å². The first-order valence-corrected chi connectivity index (χ1v) is 7.38. The van der Waals surface area contributed by atoms with E-state index in [0.717, 1.165) is 23.9 Å². The number of nitrogens with one attached hydrogen (secondary N) is 2. The number of hydrogen-bond acceptors (Lipinski definition) is 4. The number of urea groups is 1. The topological polar surface area (TPSA) is 63.2 Å². The number of rotatable bonds is 6. The van der Waals surface area contributed by atoms with Crippen LogP contribution in [0.2, 0.25) is 0 Å². The molecular formula is C14H15F2N3O2S. The third-order valence-corrected chi connectivity index (χ3v) is 3.56. The molecule has 2 amide bonds. The average Bonchev–Trinajstić information content (AvgIpc) is 2.90. The summed E-state index contributed by atoms with van der Waals surface area (Å²) in [5, 5.41) is 7.36. The fourth-order valence-corrected chi connectivity index (χ4v) is 2.46. The van der Waals surface area contributed by atoms with E-state index >= 15 is 0 Å². The van der Waals surface area contributed by atoms with E-state index in [-0.39, 0.29) is 18.5 Å². The van der Waals surface area contributed by atoms with Gasteiger partial charge in [-0.2, -0.15) is 0 Å². The molecule has 1 heterocycles. The van der Waals surface area contributed by atoms with Crippen molar-refractivity contribution in [1.29, 1.82) is 0 Å². The third kappa shape index (κ3) is 4.74. The number of ether oxygens (including phenoxy) is 1. The summed E-state index contributed by atoms with van der Waals surface area (Å²) in [6.45, 7) is 0.557. The molecule has 0 saturated carbocycles. The van der Waals surface area contributed by atoms with Gasteiger partial charge in [0.05, 0.1) is 12.3 Å². The predicted molar refractivity (Wildman–Crippen MR) is 79.9 cm³/mol. The highest BCUT2D eigenvalue weighted by molar-refractivity contribution is 7.13. The summed E-state index contributed by atoms with van der Waals surface area (Å²) in [5.41, 5.74) is 0.946. The maximum Gasteiger partial charge on any atom is 0.321 e. The van der Waals surface area contributed by atoms with Gasteiger partial charge in [0.25, 0.3) is 0 Å². The molecular weight excluding hydrogens is 312 g/mol. The molecule has 2 N–H and O–H groups in total. The number of aromatic nitrogens is 1. The lowest BCUT2D eigenvalue weighted by Gasteiger charge is -2.06. The maximum atomic E-state index is 13.4. The Hall–Kier alpha value is -2.06. The first-order chi connectivity index (χ1) is 10.6. The lowest BCUT2D eigenvalue weighted by Crippen LogP contribution is -2.30. The van der Waals surface area contributed by atoms with E-state index in [1.165, 1.54) is 11.3 Å². The number of carbonyl (C=O) groups excluding carboxylic acids is 1. The molecule has 0 spiro atoms. The van der Waals surface area contributed by atoms with Gasteiger partial charge in [-0.15, -0.1) is 11.3 Å². The SMILES string of the molecule is COCc1csc(NC(=O)NCCc2cc(F)ccc2F)n1. The zero-order valence-electron chi connectivity index (χ0n) is 11.9. The molecule has 2 aromatic rings. The number of anilines is 1. The van der Waals surface area contributed by atoms with Crippen molar-refractivity contribution in [2.75, 3.05) is 19.0 Å². The van der Waals surface area contributed by atoms with Gasteiger partial charge in [-0.25, -0.2) is 18.6 Å². The summed E-state index contributed by atoms with van der Waals surface area (Å²) >= 11 is 1.28. The van der Waals surface area contributed by atoms with Crippen molar-refractivity contribution < 1.29 is 18.3 Å². The van der Waals surface area contributed by atoms with Crippen molar-refractivity contribution in [3.05, 3.63) is 46.5 Å². The highest BCUT2D eigenvalue weighted by atomic mass is 32.1. The summed E-state index contributed by atoms with van der Waals surface area (Å²) in [6, 6.07) is 2.79. The number of nitrogens with zero attached hydrogens (tertiary/aromatic N) is 1. The maximum absolute atomic E-state index is 13.4. The molecule has 1 aromatic carbocycles. The Kier molecular flexibility index (Phi) is 5.79. The largest absolute Gasteiger partial charge is 0.378 e. The van der Waals surface area contributed by atoms with Crippen molar-refractivity contribution in [1.82, 2.24) is 10.3 Å². The Morgan fingerprint density at radius 3 is 3.00 bits per heavy atom. The van der Waals surface area contributed by atoms with Crippen LogP contribution in [0.3, 0.4) is 0 Å². The van der Waals surface area contributed by atoms with Crippen LogP contribution in [0.4, 0.5) is 18.7 Å². The van der Waals surface area contributed by atoms with Gasteiger partial charge in [-0.3, -0.25) is 5.32 Å². The van der Waals surface area contributed by atoms with Crippen molar-refractivity contribution in [2.24, 2.45) is 0 Å². The standard InChI is InChI=1S/C14H15F2N3O2S/c1-21-7-11-8-22-14(18-11)19-13(20)17-5-4-9-6-10(15)2-3-12(9)16/h2-3,6,8H,4-5,7H2,1H3,(H2,17,18,19,20). The summed E-state index contributed by atoms with van der Waals surface area (Å²) in [6.07, 6.45) is 0.198. The zero-order chi connectivity index (χ0) is 15.9. The van der Waals surface area contributed by atoms with Crippen LogP contribution in [0.1, 0.15) is 11.3 Å². The van der Waals surface area contributed by atoms with Gasteiger partial charge in [0.2, 0.25) is 0 Å². The molecule has 5 nitrogen and oxygen atoms in total. The van der Waals surface area contributed by atoms with E-state index < -0.39 is 17.7 Å². The number of methoxy groups -OCH3 is 1. The van der Waals surface area contributed by atoms with E-state index in [1.54, 1.807) is 12.5 Å². The van der Waals surface area contributed by atoms with Crippen LogP contribution in [-0.4, -0.2) is 24.7 Å². The Balaban J connectivity index is 1.78. The second kappa shape index (κ2) is 7.81. The fourth-order valence-electron chi connectivity index (χ4n) is 1.77. The monoisotopic (exact) mass is 327 g/mol. The smallest absolute Gasteiger partial charge is 0.321 e. The summed E-state index contributed by atoms with van der Waals surface area (Å²) in [4.78, 5) is 15.8. The van der Waals surface area contributed by atoms with Gasteiger partial charge < -0.3 is 10.1 Å². The minimum atomic E-state index is -0.505. The molecule has 118 valence electrons. The minimum Gasteiger partial charge on any atom is -0.378 e. The molecule has 2 rings (SSSR count). The van der Waals surface area contributed by atoms with Gasteiger partial charge in [-0.05, 0) is 30.2 Å². The Morgan fingerprint density at radius 1 is 1.41 bits per heavy atom. The van der Waals surface area contributed by atoms with Gasteiger partial charge in [0, 0.05) is 19.0 Å². The molecule has 0 unspecified atom stereocenters. The molecule has 0 bridgehead atoms. The molecule has 1 aromatic heterocycles. The second-order valence-corrected chi connectivity index (χ2v) is 5.30. The van der Waals surface area contributed by atoms with Crippen molar-refractivity contribution >= 4 is 22.5 Å². The van der Waals surface area contributed by atoms with Crippen molar-refractivity contribution in [3.8, 4) is 0 Å². The zero-order valence-corrected chi connectivity index (χ0v) is 12.7. The number of amides is 2. The molecule has 22 heavy (non-hydrogen) atoms. The highest BCUT2D eigenvalue weighted by Crippen LogP contribution is 2.15. The first-order valence-electron chi connectivity index (χ1n) is 6.50. The highest BCUT2D eigenvalue weighted by Gasteiger charge is 2.07. The molecule has 0 radical (unpaired) electrons. The van der Waals surface area contributed by atoms with Crippen LogP contribution in [0.5, 0.6) is 0 Å². The first kappa shape index (κ1) is 16.3.